The lowest BCUT2D eigenvalue weighted by atomic mass is 9.94. The van der Waals surface area contributed by atoms with Crippen LogP contribution in [0.5, 0.6) is 11.5 Å². The monoisotopic (exact) mass is 456 g/mol. The molecule has 0 aliphatic carbocycles. The summed E-state index contributed by atoms with van der Waals surface area (Å²) in [5.74, 6) is 1.25. The van der Waals surface area contributed by atoms with E-state index in [4.69, 9.17) is 26.8 Å². The molecule has 0 fully saturated rings. The Morgan fingerprint density at radius 3 is 2.56 bits per heavy atom. The molecule has 0 radical (unpaired) electrons. The van der Waals surface area contributed by atoms with Crippen molar-refractivity contribution in [1.29, 1.82) is 0 Å². The van der Waals surface area contributed by atoms with E-state index in [9.17, 15) is 14.9 Å². The van der Waals surface area contributed by atoms with E-state index in [0.29, 0.717) is 29.2 Å². The van der Waals surface area contributed by atoms with Gasteiger partial charge in [-0.05, 0) is 55.4 Å². The lowest BCUT2D eigenvalue weighted by Crippen LogP contribution is -2.51. The van der Waals surface area contributed by atoms with E-state index in [1.54, 1.807) is 17.1 Å². The zero-order valence-electron chi connectivity index (χ0n) is 17.2. The summed E-state index contributed by atoms with van der Waals surface area (Å²) >= 11 is 5.46. The maximum Gasteiger partial charge on any atom is 0.333 e. The molecule has 12 heteroatoms. The van der Waals surface area contributed by atoms with Crippen molar-refractivity contribution in [2.45, 2.75) is 19.4 Å². The smallest absolute Gasteiger partial charge is 0.333 e. The first-order valence-electron chi connectivity index (χ1n) is 9.70. The van der Waals surface area contributed by atoms with Gasteiger partial charge in [0.25, 0.3) is 5.69 Å². The van der Waals surface area contributed by atoms with E-state index in [0.717, 1.165) is 11.1 Å². The minimum Gasteiger partial charge on any atom is -0.454 e. The number of thiocarbonyl (C=S) groups is 1. The van der Waals surface area contributed by atoms with Crippen LogP contribution in [0, 0.1) is 10.1 Å². The third-order valence-corrected chi connectivity index (χ3v) is 5.35. The number of nitro benzene ring substituents is 1. The summed E-state index contributed by atoms with van der Waals surface area (Å²) in [5, 5.41) is 20.1. The van der Waals surface area contributed by atoms with Gasteiger partial charge in [-0.2, -0.15) is 5.10 Å². The second-order valence-electron chi connectivity index (χ2n) is 7.15. The standard InChI is InChI=1S/C20H20N6O5S/c1-11-7-13-8-16-17(31-10-30-16)9-15(13)18(12-3-5-14(6-4-12)26(28)29)24-25(11)20(32)23-22-19(27)21-2/h3-6,8-9,11H,7,10H2,1-2H3,(H,23,32)(H2,21,22,27). The van der Waals surface area contributed by atoms with Crippen molar-refractivity contribution in [3.05, 3.63) is 63.2 Å². The van der Waals surface area contributed by atoms with Crippen LogP contribution in [-0.2, 0) is 6.42 Å². The number of urea groups is 1. The molecule has 2 aliphatic heterocycles. The Morgan fingerprint density at radius 2 is 1.91 bits per heavy atom. The third kappa shape index (κ3) is 4.12. The molecule has 0 bridgehead atoms. The molecule has 2 amide bonds. The van der Waals surface area contributed by atoms with E-state index >= 15 is 0 Å². The van der Waals surface area contributed by atoms with Crippen molar-refractivity contribution < 1.29 is 19.2 Å². The van der Waals surface area contributed by atoms with Gasteiger partial charge in [0.2, 0.25) is 11.9 Å². The van der Waals surface area contributed by atoms with Gasteiger partial charge in [-0.15, -0.1) is 0 Å². The van der Waals surface area contributed by atoms with Crippen LogP contribution in [0.1, 0.15) is 23.6 Å². The van der Waals surface area contributed by atoms with Gasteiger partial charge in [0.15, 0.2) is 11.5 Å². The molecule has 3 N–H and O–H groups in total. The molecule has 2 aliphatic rings. The van der Waals surface area contributed by atoms with Crippen molar-refractivity contribution in [3.63, 3.8) is 0 Å². The number of hydrazine groups is 1. The highest BCUT2D eigenvalue weighted by Gasteiger charge is 2.29. The molecule has 4 rings (SSSR count). The first-order valence-corrected chi connectivity index (χ1v) is 10.1. The maximum absolute atomic E-state index is 11.5. The van der Waals surface area contributed by atoms with Gasteiger partial charge in [-0.25, -0.2) is 15.2 Å². The predicted octanol–water partition coefficient (Wildman–Crippen LogP) is 2.04. The Balaban J connectivity index is 1.78. The number of carbonyl (C=O) groups excluding carboxylic acids is 1. The van der Waals surface area contributed by atoms with E-state index in [2.05, 4.69) is 16.2 Å². The lowest BCUT2D eigenvalue weighted by Gasteiger charge is -2.26. The molecular formula is C20H20N6O5S. The molecule has 0 aromatic heterocycles. The highest BCUT2D eigenvalue weighted by atomic mass is 32.1. The Kier molecular flexibility index (Phi) is 5.77. The normalized spacial score (nSPS) is 16.4. The van der Waals surface area contributed by atoms with Crippen molar-refractivity contribution in [3.8, 4) is 11.5 Å². The predicted molar refractivity (Wildman–Crippen MR) is 120 cm³/mol. The van der Waals surface area contributed by atoms with Crippen molar-refractivity contribution >= 4 is 34.8 Å². The average molecular weight is 456 g/mol. The molecule has 2 aromatic rings. The van der Waals surface area contributed by atoms with Gasteiger partial charge in [-0.3, -0.25) is 15.5 Å². The summed E-state index contributed by atoms with van der Waals surface area (Å²) in [6.45, 7) is 2.09. The van der Waals surface area contributed by atoms with Crippen molar-refractivity contribution in [1.82, 2.24) is 21.2 Å². The summed E-state index contributed by atoms with van der Waals surface area (Å²) in [4.78, 5) is 22.2. The van der Waals surface area contributed by atoms with Gasteiger partial charge in [0.05, 0.1) is 16.7 Å². The number of hydrogen-bond donors (Lipinski definition) is 3. The van der Waals surface area contributed by atoms with Gasteiger partial charge >= 0.3 is 6.03 Å². The molecule has 166 valence electrons. The Bertz CT molecular complexity index is 1120. The molecule has 32 heavy (non-hydrogen) atoms. The van der Waals surface area contributed by atoms with Crippen LogP contribution >= 0.6 is 12.2 Å². The van der Waals surface area contributed by atoms with Gasteiger partial charge in [0.1, 0.15) is 0 Å². The zero-order chi connectivity index (χ0) is 22.8. The molecule has 0 saturated carbocycles. The molecule has 1 atom stereocenters. The number of non-ortho nitro benzene ring substituents is 1. The number of rotatable bonds is 2. The largest absolute Gasteiger partial charge is 0.454 e. The highest BCUT2D eigenvalue weighted by molar-refractivity contribution is 7.80. The minimum absolute atomic E-state index is 0.0222. The van der Waals surface area contributed by atoms with Crippen LogP contribution in [0.3, 0.4) is 0 Å². The number of nitro groups is 1. The zero-order valence-corrected chi connectivity index (χ0v) is 18.1. The summed E-state index contributed by atoms with van der Waals surface area (Å²) in [7, 11) is 1.49. The molecule has 1 unspecified atom stereocenters. The van der Waals surface area contributed by atoms with E-state index in [-0.39, 0.29) is 23.6 Å². The number of nitrogens with zero attached hydrogens (tertiary/aromatic N) is 3. The van der Waals surface area contributed by atoms with Crippen LogP contribution in [0.4, 0.5) is 10.5 Å². The average Bonchev–Trinajstić information content (AvgIpc) is 3.19. The Labute approximate surface area is 188 Å². The van der Waals surface area contributed by atoms with Crippen LogP contribution in [0.15, 0.2) is 41.5 Å². The third-order valence-electron chi connectivity index (χ3n) is 5.06. The second kappa shape index (κ2) is 8.67. The summed E-state index contributed by atoms with van der Waals surface area (Å²) < 4.78 is 11.1. The van der Waals surface area contributed by atoms with E-state index in [1.807, 2.05) is 19.1 Å². The molecule has 0 saturated heterocycles. The number of fused-ring (bicyclic) bond motifs is 2. The lowest BCUT2D eigenvalue weighted by molar-refractivity contribution is -0.384. The fourth-order valence-electron chi connectivity index (χ4n) is 3.47. The van der Waals surface area contributed by atoms with E-state index in [1.165, 1.54) is 19.2 Å². The van der Waals surface area contributed by atoms with Crippen LogP contribution in [-0.4, -0.2) is 46.7 Å². The SMILES string of the molecule is CNC(=O)NNC(=S)N1N=C(c2ccc([N+](=O)[O-])cc2)c2cc3c(cc2CC1C)OCO3. The highest BCUT2D eigenvalue weighted by Crippen LogP contribution is 2.37. The van der Waals surface area contributed by atoms with Gasteiger partial charge in [-0.1, -0.05) is 0 Å². The summed E-state index contributed by atoms with van der Waals surface area (Å²) in [6, 6.07) is 9.27. The number of carbonyl (C=O) groups is 1. The molecule has 2 heterocycles. The number of hydrogen-bond acceptors (Lipinski definition) is 7. The van der Waals surface area contributed by atoms with Crippen molar-refractivity contribution in [2.24, 2.45) is 5.10 Å². The van der Waals surface area contributed by atoms with Crippen LogP contribution in [0.2, 0.25) is 0 Å². The molecule has 2 aromatic carbocycles. The quantitative estimate of drug-likeness (QED) is 0.356. The Hall–Kier alpha value is -3.93. The second-order valence-corrected chi connectivity index (χ2v) is 7.53. The van der Waals surface area contributed by atoms with Gasteiger partial charge < -0.3 is 14.8 Å². The molecule has 0 spiro atoms. The number of benzene rings is 2. The minimum atomic E-state index is -0.456. The number of amides is 2. The Morgan fingerprint density at radius 1 is 1.22 bits per heavy atom. The summed E-state index contributed by atoms with van der Waals surface area (Å²) in [5.41, 5.74) is 8.08. The van der Waals surface area contributed by atoms with E-state index < -0.39 is 11.0 Å². The number of ether oxygens (including phenoxy) is 2. The summed E-state index contributed by atoms with van der Waals surface area (Å²) in [6.07, 6.45) is 0.577. The van der Waals surface area contributed by atoms with Crippen LogP contribution in [0.25, 0.3) is 0 Å². The molecular weight excluding hydrogens is 436 g/mol. The van der Waals surface area contributed by atoms with Gasteiger partial charge in [0, 0.05) is 30.3 Å². The topological polar surface area (TPSA) is 130 Å². The van der Waals surface area contributed by atoms with Crippen LogP contribution < -0.4 is 25.6 Å². The number of hydrazone groups is 1. The number of nitrogens with one attached hydrogen (secondary N) is 3. The maximum atomic E-state index is 11.5. The molecule has 11 nitrogen and oxygen atoms in total. The first kappa shape index (κ1) is 21.3. The van der Waals surface area contributed by atoms with Crippen molar-refractivity contribution in [2.75, 3.05) is 13.8 Å². The fourth-order valence-corrected chi connectivity index (χ4v) is 3.74. The first-order chi connectivity index (χ1) is 15.4. The fraction of sp³-hybridized carbons (Fsp3) is 0.250.